The number of nitrogens with zero attached hydrogens (tertiary/aromatic N) is 3. The molecule has 1 aliphatic heterocycles. The van der Waals surface area contributed by atoms with Crippen LogP contribution in [0.5, 0.6) is 17.4 Å². The Morgan fingerprint density at radius 2 is 1.94 bits per heavy atom. The summed E-state index contributed by atoms with van der Waals surface area (Å²) in [6, 6.07) is 6.00. The number of hydrogen-bond acceptors (Lipinski definition) is 8. The Hall–Kier alpha value is -2.97. The predicted molar refractivity (Wildman–Crippen MR) is 127 cm³/mol. The Morgan fingerprint density at radius 3 is 2.70 bits per heavy atom. The highest BCUT2D eigenvalue weighted by molar-refractivity contribution is 7.22. The van der Waals surface area contributed by atoms with Crippen LogP contribution in [-0.4, -0.2) is 40.4 Å². The number of rotatable bonds is 4. The number of hydrogen-bond donors (Lipinski definition) is 1. The summed E-state index contributed by atoms with van der Waals surface area (Å²) in [6.45, 7) is 5.17. The van der Waals surface area contributed by atoms with E-state index in [1.54, 1.807) is 24.6 Å². The Bertz CT molecular complexity index is 1400. The molecule has 2 aromatic carbocycles. The van der Waals surface area contributed by atoms with Gasteiger partial charge in [0.05, 0.1) is 36.0 Å². The zero-order valence-electron chi connectivity index (χ0n) is 18.8. The summed E-state index contributed by atoms with van der Waals surface area (Å²) in [6.07, 6.45) is 4.15. The number of aliphatic hydroxyl groups excluding tert-OH is 1. The largest absolute Gasteiger partial charge is 0.486 e. The normalized spacial score (nSPS) is 17.7. The number of fused-ring (bicyclic) bond motifs is 4. The predicted octanol–water partition coefficient (Wildman–Crippen LogP) is 5.22. The van der Waals surface area contributed by atoms with E-state index in [1.165, 1.54) is 0 Å². The van der Waals surface area contributed by atoms with Gasteiger partial charge < -0.3 is 19.3 Å². The average Bonchev–Trinajstić information content (AvgIpc) is 3.26. The lowest BCUT2D eigenvalue weighted by atomic mass is 9.65. The van der Waals surface area contributed by atoms with Crippen LogP contribution in [0, 0.1) is 12.3 Å². The van der Waals surface area contributed by atoms with Crippen LogP contribution in [-0.2, 0) is 0 Å². The zero-order chi connectivity index (χ0) is 22.7. The number of aromatic nitrogens is 3. The fourth-order valence-electron chi connectivity index (χ4n) is 4.81. The Morgan fingerprint density at radius 1 is 1.12 bits per heavy atom. The van der Waals surface area contributed by atoms with Crippen LogP contribution in [0.1, 0.15) is 43.4 Å². The van der Waals surface area contributed by atoms with Crippen LogP contribution in [0.4, 0.5) is 0 Å². The topological polar surface area (TPSA) is 86.6 Å². The molecule has 0 spiro atoms. The van der Waals surface area contributed by atoms with Crippen LogP contribution in [0.25, 0.3) is 31.8 Å². The first-order valence-corrected chi connectivity index (χ1v) is 12.0. The van der Waals surface area contributed by atoms with Crippen LogP contribution < -0.4 is 14.2 Å². The van der Waals surface area contributed by atoms with Gasteiger partial charge in [-0.3, -0.25) is 0 Å². The van der Waals surface area contributed by atoms with Crippen LogP contribution in [0.3, 0.4) is 0 Å². The SMILES string of the molecule is COc1cnc2c(-c3nc4c(C(O)C5(C)CCC5)cc5c(c4s3)OCCO5)cc(C)cc2n1. The van der Waals surface area contributed by atoms with Crippen molar-refractivity contribution in [1.29, 1.82) is 0 Å². The summed E-state index contributed by atoms with van der Waals surface area (Å²) in [5.41, 5.74) is 4.93. The van der Waals surface area contributed by atoms with Crippen molar-refractivity contribution in [2.24, 2.45) is 5.41 Å². The molecule has 0 bridgehead atoms. The Kier molecular flexibility index (Phi) is 4.71. The quantitative estimate of drug-likeness (QED) is 0.444. The lowest BCUT2D eigenvalue weighted by molar-refractivity contribution is -0.0213. The van der Waals surface area contributed by atoms with E-state index in [9.17, 15) is 5.11 Å². The van der Waals surface area contributed by atoms with Crippen molar-refractivity contribution in [3.8, 4) is 28.0 Å². The number of benzene rings is 2. The van der Waals surface area contributed by atoms with Gasteiger partial charge in [0.2, 0.25) is 5.88 Å². The van der Waals surface area contributed by atoms with Gasteiger partial charge >= 0.3 is 0 Å². The molecule has 1 saturated carbocycles. The molecule has 0 amide bonds. The van der Waals surface area contributed by atoms with Gasteiger partial charge in [-0.2, -0.15) is 0 Å². The highest BCUT2D eigenvalue weighted by Crippen LogP contribution is 2.54. The summed E-state index contributed by atoms with van der Waals surface area (Å²) in [5.74, 6) is 1.86. The van der Waals surface area contributed by atoms with Gasteiger partial charge in [-0.15, -0.1) is 11.3 Å². The second kappa shape index (κ2) is 7.53. The molecule has 4 aromatic rings. The maximum absolute atomic E-state index is 11.4. The van der Waals surface area contributed by atoms with Gasteiger partial charge in [-0.05, 0) is 48.9 Å². The highest BCUT2D eigenvalue weighted by Gasteiger charge is 2.41. The first kappa shape index (κ1) is 20.6. The molecule has 3 heterocycles. The Labute approximate surface area is 195 Å². The van der Waals surface area contributed by atoms with Crippen molar-refractivity contribution in [3.05, 3.63) is 35.5 Å². The van der Waals surface area contributed by atoms with Crippen LogP contribution in [0.15, 0.2) is 24.4 Å². The summed E-state index contributed by atoms with van der Waals surface area (Å²) < 4.78 is 18.1. The van der Waals surface area contributed by atoms with E-state index >= 15 is 0 Å². The molecular formula is C25H25N3O4S. The molecule has 1 aliphatic carbocycles. The second-order valence-electron chi connectivity index (χ2n) is 9.19. The minimum atomic E-state index is -0.613. The van der Waals surface area contributed by atoms with Crippen molar-refractivity contribution < 1.29 is 19.3 Å². The maximum atomic E-state index is 11.4. The van der Waals surface area contributed by atoms with Gasteiger partial charge in [0, 0.05) is 11.1 Å². The van der Waals surface area contributed by atoms with E-state index in [-0.39, 0.29) is 5.41 Å². The maximum Gasteiger partial charge on any atom is 0.232 e. The van der Waals surface area contributed by atoms with E-state index in [0.717, 1.165) is 62.2 Å². The highest BCUT2D eigenvalue weighted by atomic mass is 32.1. The third-order valence-electron chi connectivity index (χ3n) is 6.86. The zero-order valence-corrected chi connectivity index (χ0v) is 19.7. The lowest BCUT2D eigenvalue weighted by Gasteiger charge is -2.42. The second-order valence-corrected chi connectivity index (χ2v) is 10.2. The molecule has 1 atom stereocenters. The van der Waals surface area contributed by atoms with Crippen molar-refractivity contribution in [2.45, 2.75) is 39.2 Å². The van der Waals surface area contributed by atoms with Gasteiger partial charge in [0.1, 0.15) is 22.9 Å². The number of thiazole rings is 1. The summed E-state index contributed by atoms with van der Waals surface area (Å²) in [7, 11) is 1.58. The van der Waals surface area contributed by atoms with E-state index in [4.69, 9.17) is 19.2 Å². The molecule has 0 radical (unpaired) electrons. The third kappa shape index (κ3) is 3.23. The molecule has 170 valence electrons. The summed E-state index contributed by atoms with van der Waals surface area (Å²) in [4.78, 5) is 14.2. The van der Waals surface area contributed by atoms with Gasteiger partial charge in [-0.25, -0.2) is 15.0 Å². The lowest BCUT2D eigenvalue weighted by Crippen LogP contribution is -2.33. The van der Waals surface area contributed by atoms with E-state index in [2.05, 4.69) is 23.0 Å². The molecule has 2 aliphatic rings. The van der Waals surface area contributed by atoms with Gasteiger partial charge in [0.25, 0.3) is 0 Å². The smallest absolute Gasteiger partial charge is 0.232 e. The van der Waals surface area contributed by atoms with Gasteiger partial charge in [0.15, 0.2) is 11.5 Å². The van der Waals surface area contributed by atoms with Crippen molar-refractivity contribution in [3.63, 3.8) is 0 Å². The standard InChI is InChI=1S/C25H25N3O4S/c1-13-9-15(19-16(10-13)27-18(30-3)12-26-19)24-28-20-14(23(29)25(2)5-4-6-25)11-17-21(22(20)33-24)32-8-7-31-17/h9-12,23,29H,4-8H2,1-3H3. The van der Waals surface area contributed by atoms with E-state index in [0.29, 0.717) is 30.6 Å². The fraction of sp³-hybridized carbons (Fsp3) is 0.400. The Balaban J connectivity index is 1.59. The molecule has 33 heavy (non-hydrogen) atoms. The molecule has 7 nitrogen and oxygen atoms in total. The minimum absolute atomic E-state index is 0.140. The third-order valence-corrected chi connectivity index (χ3v) is 7.95. The van der Waals surface area contributed by atoms with Crippen LogP contribution >= 0.6 is 11.3 Å². The summed E-state index contributed by atoms with van der Waals surface area (Å²) >= 11 is 1.54. The molecule has 2 aromatic heterocycles. The first-order chi connectivity index (χ1) is 16.0. The average molecular weight is 464 g/mol. The van der Waals surface area contributed by atoms with Gasteiger partial charge in [-0.1, -0.05) is 13.3 Å². The molecule has 1 N–H and O–H groups in total. The monoisotopic (exact) mass is 463 g/mol. The number of aryl methyl sites for hydroxylation is 1. The molecule has 8 heteroatoms. The molecule has 6 rings (SSSR count). The minimum Gasteiger partial charge on any atom is -0.486 e. The van der Waals surface area contributed by atoms with Crippen molar-refractivity contribution in [1.82, 2.24) is 15.0 Å². The number of ether oxygens (including phenoxy) is 3. The first-order valence-electron chi connectivity index (χ1n) is 11.2. The van der Waals surface area contributed by atoms with E-state index in [1.807, 2.05) is 19.1 Å². The molecule has 1 fully saturated rings. The van der Waals surface area contributed by atoms with Crippen LogP contribution in [0.2, 0.25) is 0 Å². The van der Waals surface area contributed by atoms with Crippen molar-refractivity contribution in [2.75, 3.05) is 20.3 Å². The molecule has 1 unspecified atom stereocenters. The van der Waals surface area contributed by atoms with Crippen molar-refractivity contribution >= 4 is 32.6 Å². The number of aliphatic hydroxyl groups is 1. The fourth-order valence-corrected chi connectivity index (χ4v) is 5.92. The molecular weight excluding hydrogens is 438 g/mol. The molecule has 0 saturated heterocycles. The summed E-state index contributed by atoms with van der Waals surface area (Å²) in [5, 5.41) is 12.2. The van der Waals surface area contributed by atoms with E-state index < -0.39 is 6.10 Å². The number of methoxy groups -OCH3 is 1.